The molecule has 36 heavy (non-hydrogen) atoms. The van der Waals surface area contributed by atoms with Crippen molar-refractivity contribution in [2.75, 3.05) is 31.2 Å². The fraction of sp³-hybridized carbons (Fsp3) is 0.259. The van der Waals surface area contributed by atoms with E-state index in [1.807, 2.05) is 31.3 Å². The Hall–Kier alpha value is -3.53. The number of pyridine rings is 1. The molecule has 8 nitrogen and oxygen atoms in total. The molecule has 2 aromatic heterocycles. The van der Waals surface area contributed by atoms with Gasteiger partial charge in [0.15, 0.2) is 0 Å². The first-order valence-electron chi connectivity index (χ1n) is 12.0. The molecule has 186 valence electrons. The normalized spacial score (nSPS) is 14.2. The number of benzene rings is 2. The molecule has 0 radical (unpaired) electrons. The third-order valence-electron chi connectivity index (χ3n) is 6.55. The van der Waals surface area contributed by atoms with Gasteiger partial charge in [-0.15, -0.1) is 0 Å². The minimum absolute atomic E-state index is 0.104. The van der Waals surface area contributed by atoms with Crippen LogP contribution in [-0.4, -0.2) is 49.9 Å². The van der Waals surface area contributed by atoms with E-state index in [1.165, 1.54) is 6.07 Å². The van der Waals surface area contributed by atoms with Crippen molar-refractivity contribution in [2.45, 2.75) is 25.2 Å². The Balaban J connectivity index is 1.55. The monoisotopic (exact) mass is 503 g/mol. The van der Waals surface area contributed by atoms with Crippen LogP contribution in [0.4, 0.5) is 5.82 Å². The van der Waals surface area contributed by atoms with Crippen LogP contribution in [0.15, 0.2) is 65.7 Å². The number of nitrogens with zero attached hydrogens (tertiary/aromatic N) is 3. The number of hydrogen-bond donors (Lipinski definition) is 2. The van der Waals surface area contributed by atoms with Gasteiger partial charge < -0.3 is 9.64 Å². The number of anilines is 1. The highest BCUT2D eigenvalue weighted by atomic mass is 32.2. The van der Waals surface area contributed by atoms with Gasteiger partial charge >= 0.3 is 0 Å². The van der Waals surface area contributed by atoms with Crippen LogP contribution in [0, 0.1) is 6.92 Å². The lowest BCUT2D eigenvalue weighted by molar-refractivity contribution is 0.122. The standard InChI is InChI=1S/C27H29N5O3S/c1-3-19-15-21(7-8-24(19)20-5-4-6-23(16-20)36(28,33)34)26-18(2)30-31-27(26)22-9-10-29-25(17-22)32-11-13-35-14-12-32/h4-10,15-17H,3,11-14H2,1-2H3,(H,30,31)(H2,28,33,34). The van der Waals surface area contributed by atoms with Gasteiger partial charge in [0.2, 0.25) is 10.0 Å². The second kappa shape index (κ2) is 9.85. The maximum absolute atomic E-state index is 11.9. The van der Waals surface area contributed by atoms with Crippen LogP contribution in [0.5, 0.6) is 0 Å². The van der Waals surface area contributed by atoms with Gasteiger partial charge in [-0.3, -0.25) is 5.10 Å². The van der Waals surface area contributed by atoms with Crippen LogP contribution in [0.25, 0.3) is 33.5 Å². The summed E-state index contributed by atoms with van der Waals surface area (Å²) in [6.07, 6.45) is 2.61. The molecule has 1 aliphatic rings. The molecule has 1 saturated heterocycles. The lowest BCUT2D eigenvalue weighted by Gasteiger charge is -2.28. The predicted octanol–water partition coefficient (Wildman–Crippen LogP) is 4.16. The Bertz CT molecular complexity index is 1510. The van der Waals surface area contributed by atoms with E-state index in [0.29, 0.717) is 13.2 Å². The zero-order valence-electron chi connectivity index (χ0n) is 20.4. The molecule has 0 bridgehead atoms. The number of nitrogens with one attached hydrogen (secondary N) is 1. The molecule has 0 atom stereocenters. The molecule has 3 N–H and O–H groups in total. The summed E-state index contributed by atoms with van der Waals surface area (Å²) < 4.78 is 29.2. The average Bonchev–Trinajstić information content (AvgIpc) is 3.29. The summed E-state index contributed by atoms with van der Waals surface area (Å²) in [4.78, 5) is 6.91. The van der Waals surface area contributed by atoms with E-state index >= 15 is 0 Å². The predicted molar refractivity (Wildman–Crippen MR) is 141 cm³/mol. The molecular weight excluding hydrogens is 474 g/mol. The van der Waals surface area contributed by atoms with E-state index in [-0.39, 0.29) is 4.90 Å². The fourth-order valence-corrected chi connectivity index (χ4v) is 5.25. The summed E-state index contributed by atoms with van der Waals surface area (Å²) in [5.41, 5.74) is 7.82. The van der Waals surface area contributed by atoms with Crippen molar-refractivity contribution in [3.8, 4) is 33.5 Å². The summed E-state index contributed by atoms with van der Waals surface area (Å²) >= 11 is 0. The third kappa shape index (κ3) is 4.77. The highest BCUT2D eigenvalue weighted by Crippen LogP contribution is 2.37. The molecular formula is C27H29N5O3S. The number of sulfonamides is 1. The van der Waals surface area contributed by atoms with Crippen molar-refractivity contribution in [1.82, 2.24) is 15.2 Å². The molecule has 0 amide bonds. The highest BCUT2D eigenvalue weighted by molar-refractivity contribution is 7.89. The smallest absolute Gasteiger partial charge is 0.238 e. The van der Waals surface area contributed by atoms with Crippen LogP contribution < -0.4 is 10.0 Å². The summed E-state index contributed by atoms with van der Waals surface area (Å²) in [5.74, 6) is 0.918. The number of aryl methyl sites for hydroxylation is 2. The van der Waals surface area contributed by atoms with Gasteiger partial charge in [-0.25, -0.2) is 18.5 Å². The lowest BCUT2D eigenvalue weighted by atomic mass is 9.92. The summed E-state index contributed by atoms with van der Waals surface area (Å²) in [6.45, 7) is 7.14. The Morgan fingerprint density at radius 1 is 1.03 bits per heavy atom. The van der Waals surface area contributed by atoms with E-state index in [2.05, 4.69) is 45.2 Å². The fourth-order valence-electron chi connectivity index (χ4n) is 4.69. The van der Waals surface area contributed by atoms with Crippen molar-refractivity contribution in [1.29, 1.82) is 0 Å². The molecule has 4 aromatic rings. The second-order valence-corrected chi connectivity index (χ2v) is 10.4. The first-order valence-corrected chi connectivity index (χ1v) is 13.5. The van der Waals surface area contributed by atoms with Gasteiger partial charge in [0.25, 0.3) is 0 Å². The van der Waals surface area contributed by atoms with E-state index in [0.717, 1.165) is 70.1 Å². The Labute approximate surface area is 211 Å². The van der Waals surface area contributed by atoms with Gasteiger partial charge in [-0.05, 0) is 59.9 Å². The number of rotatable bonds is 6. The van der Waals surface area contributed by atoms with Gasteiger partial charge in [-0.2, -0.15) is 5.10 Å². The van der Waals surface area contributed by atoms with E-state index in [4.69, 9.17) is 9.88 Å². The van der Waals surface area contributed by atoms with Crippen molar-refractivity contribution in [3.05, 3.63) is 72.1 Å². The summed E-state index contributed by atoms with van der Waals surface area (Å²) in [6, 6.07) is 17.1. The van der Waals surface area contributed by atoms with E-state index < -0.39 is 10.0 Å². The van der Waals surface area contributed by atoms with Gasteiger partial charge in [0, 0.05) is 36.1 Å². The number of H-pyrrole nitrogens is 1. The average molecular weight is 504 g/mol. The number of ether oxygens (including phenoxy) is 1. The maximum Gasteiger partial charge on any atom is 0.238 e. The maximum atomic E-state index is 11.9. The van der Waals surface area contributed by atoms with Crippen molar-refractivity contribution >= 4 is 15.8 Å². The van der Waals surface area contributed by atoms with Gasteiger partial charge in [0.05, 0.1) is 18.1 Å². The number of aromatic nitrogens is 3. The number of aromatic amines is 1. The van der Waals surface area contributed by atoms with E-state index in [1.54, 1.807) is 12.1 Å². The lowest BCUT2D eigenvalue weighted by Crippen LogP contribution is -2.36. The topological polar surface area (TPSA) is 114 Å². The highest BCUT2D eigenvalue weighted by Gasteiger charge is 2.19. The Morgan fingerprint density at radius 3 is 2.58 bits per heavy atom. The zero-order valence-corrected chi connectivity index (χ0v) is 21.2. The van der Waals surface area contributed by atoms with Crippen LogP contribution in [0.2, 0.25) is 0 Å². The first kappa shape index (κ1) is 24.2. The molecule has 5 rings (SSSR count). The molecule has 0 unspecified atom stereocenters. The molecule has 1 aliphatic heterocycles. The number of morpholine rings is 1. The van der Waals surface area contributed by atoms with Crippen LogP contribution in [-0.2, 0) is 21.2 Å². The Kier molecular flexibility index (Phi) is 6.61. The molecule has 9 heteroatoms. The molecule has 0 aliphatic carbocycles. The van der Waals surface area contributed by atoms with Crippen molar-refractivity contribution in [3.63, 3.8) is 0 Å². The van der Waals surface area contributed by atoms with Crippen LogP contribution in [0.1, 0.15) is 18.2 Å². The molecule has 0 saturated carbocycles. The van der Waals surface area contributed by atoms with Gasteiger partial charge in [0.1, 0.15) is 11.5 Å². The van der Waals surface area contributed by atoms with Gasteiger partial charge in [-0.1, -0.05) is 37.3 Å². The molecule has 0 spiro atoms. The minimum Gasteiger partial charge on any atom is -0.378 e. The third-order valence-corrected chi connectivity index (χ3v) is 7.46. The quantitative estimate of drug-likeness (QED) is 0.408. The van der Waals surface area contributed by atoms with Crippen molar-refractivity contribution in [2.24, 2.45) is 5.14 Å². The molecule has 3 heterocycles. The van der Waals surface area contributed by atoms with Crippen LogP contribution in [0.3, 0.4) is 0 Å². The second-order valence-electron chi connectivity index (χ2n) is 8.87. The minimum atomic E-state index is -3.78. The number of hydrogen-bond acceptors (Lipinski definition) is 6. The van der Waals surface area contributed by atoms with E-state index in [9.17, 15) is 8.42 Å². The summed E-state index contributed by atoms with van der Waals surface area (Å²) in [7, 11) is -3.78. The number of nitrogens with two attached hydrogens (primary N) is 1. The SMILES string of the molecule is CCc1cc(-c2c(-c3ccnc(N4CCOCC4)c3)n[nH]c2C)ccc1-c1cccc(S(N)(=O)=O)c1. The first-order chi connectivity index (χ1) is 17.3. The largest absolute Gasteiger partial charge is 0.378 e. The number of primary sulfonamides is 1. The zero-order chi connectivity index (χ0) is 25.3. The van der Waals surface area contributed by atoms with Crippen molar-refractivity contribution < 1.29 is 13.2 Å². The Morgan fingerprint density at radius 2 is 1.83 bits per heavy atom. The van der Waals surface area contributed by atoms with Crippen LogP contribution >= 0.6 is 0 Å². The molecule has 1 fully saturated rings. The summed E-state index contributed by atoms with van der Waals surface area (Å²) in [5, 5.41) is 13.2. The molecule has 2 aromatic carbocycles.